The number of amidine groups is 1. The van der Waals surface area contributed by atoms with Gasteiger partial charge in [-0.1, -0.05) is 47.5 Å². The van der Waals surface area contributed by atoms with Crippen LogP contribution in [-0.4, -0.2) is 72.4 Å². The number of hydrogen-bond acceptors (Lipinski definition) is 7. The molecule has 0 aromatic heterocycles. The number of nitrogens with zero attached hydrogens (tertiary/aromatic N) is 3. The predicted molar refractivity (Wildman–Crippen MR) is 165 cm³/mol. The molecule has 2 aliphatic heterocycles. The van der Waals surface area contributed by atoms with Gasteiger partial charge in [-0.3, -0.25) is 15.2 Å². The molecule has 9 heteroatoms. The van der Waals surface area contributed by atoms with Gasteiger partial charge in [0.1, 0.15) is 23.4 Å². The van der Waals surface area contributed by atoms with E-state index in [0.717, 1.165) is 53.7 Å². The Bertz CT molecular complexity index is 1330. The van der Waals surface area contributed by atoms with Crippen molar-refractivity contribution in [2.24, 2.45) is 4.99 Å². The van der Waals surface area contributed by atoms with Gasteiger partial charge in [-0.2, -0.15) is 0 Å². The average Bonchev–Trinajstić information content (AvgIpc) is 3.34. The molecule has 1 fully saturated rings. The van der Waals surface area contributed by atoms with Gasteiger partial charge in [0.05, 0.1) is 37.1 Å². The molecule has 0 amide bonds. The lowest BCUT2D eigenvalue weighted by Crippen LogP contribution is -2.60. The van der Waals surface area contributed by atoms with Crippen LogP contribution < -0.4 is 14.8 Å². The van der Waals surface area contributed by atoms with Crippen LogP contribution in [0.25, 0.3) is 0 Å². The molecule has 3 atom stereocenters. The Hall–Kier alpha value is -2.81. The zero-order valence-electron chi connectivity index (χ0n) is 23.8. The van der Waals surface area contributed by atoms with E-state index in [1.54, 1.807) is 0 Å². The van der Waals surface area contributed by atoms with Gasteiger partial charge in [-0.25, -0.2) is 0 Å². The van der Waals surface area contributed by atoms with Crippen molar-refractivity contribution in [3.05, 3.63) is 93.5 Å². The van der Waals surface area contributed by atoms with Crippen LogP contribution in [-0.2, 0) is 0 Å². The maximum atomic E-state index is 9.71. The Morgan fingerprint density at radius 2 is 1.68 bits per heavy atom. The van der Waals surface area contributed by atoms with Gasteiger partial charge in [-0.05, 0) is 68.3 Å². The van der Waals surface area contributed by atoms with Crippen LogP contribution in [0, 0.1) is 0 Å². The number of piperazine rings is 1. The first-order valence-electron chi connectivity index (χ1n) is 14.3. The van der Waals surface area contributed by atoms with Crippen LogP contribution >= 0.6 is 23.2 Å². The lowest BCUT2D eigenvalue weighted by Gasteiger charge is -2.43. The Kier molecular flexibility index (Phi) is 9.73. The molecule has 218 valence electrons. The number of rotatable bonds is 10. The molecule has 2 heterocycles. The van der Waals surface area contributed by atoms with Gasteiger partial charge in [0.2, 0.25) is 0 Å². The van der Waals surface area contributed by atoms with Gasteiger partial charge in [-0.15, -0.1) is 0 Å². The molecule has 5 rings (SSSR count). The van der Waals surface area contributed by atoms with E-state index in [0.29, 0.717) is 23.2 Å². The molecule has 41 heavy (non-hydrogen) atoms. The summed E-state index contributed by atoms with van der Waals surface area (Å²) in [6.45, 7) is 9.72. The first kappa shape index (κ1) is 29.7. The van der Waals surface area contributed by atoms with Crippen molar-refractivity contribution >= 4 is 29.0 Å². The SMILES string of the molecule is CCOc1ccc(C2=NC(c3ccc(Cl)cc3)C(c3ccc(Cl)cc3)N2C2CN(CCO)CCN2)c(OC(C)C)c1. The highest BCUT2D eigenvalue weighted by atomic mass is 35.5. The van der Waals surface area contributed by atoms with Crippen molar-refractivity contribution in [2.45, 2.75) is 45.1 Å². The van der Waals surface area contributed by atoms with Gasteiger partial charge < -0.3 is 19.5 Å². The summed E-state index contributed by atoms with van der Waals surface area (Å²) >= 11 is 12.6. The van der Waals surface area contributed by atoms with Gasteiger partial charge in [0.25, 0.3) is 0 Å². The third-order valence-electron chi connectivity index (χ3n) is 7.39. The van der Waals surface area contributed by atoms with Crippen molar-refractivity contribution in [1.82, 2.24) is 15.1 Å². The van der Waals surface area contributed by atoms with E-state index in [-0.39, 0.29) is 31.0 Å². The molecule has 1 saturated heterocycles. The molecule has 0 spiro atoms. The highest BCUT2D eigenvalue weighted by Crippen LogP contribution is 2.46. The van der Waals surface area contributed by atoms with Crippen molar-refractivity contribution < 1.29 is 14.6 Å². The fourth-order valence-electron chi connectivity index (χ4n) is 5.64. The van der Waals surface area contributed by atoms with Crippen LogP contribution in [0.4, 0.5) is 0 Å². The summed E-state index contributed by atoms with van der Waals surface area (Å²) in [5.41, 5.74) is 3.07. The number of benzene rings is 3. The Labute approximate surface area is 252 Å². The quantitative estimate of drug-likeness (QED) is 0.301. The monoisotopic (exact) mass is 596 g/mol. The summed E-state index contributed by atoms with van der Waals surface area (Å²) in [6, 6.07) is 21.6. The van der Waals surface area contributed by atoms with Gasteiger partial charge in [0, 0.05) is 42.3 Å². The lowest BCUT2D eigenvalue weighted by atomic mass is 9.93. The maximum Gasteiger partial charge on any atom is 0.137 e. The summed E-state index contributed by atoms with van der Waals surface area (Å²) < 4.78 is 12.2. The number of hydrogen-bond donors (Lipinski definition) is 2. The number of aliphatic hydroxyl groups excluding tert-OH is 1. The van der Waals surface area contributed by atoms with Crippen molar-refractivity contribution in [3.63, 3.8) is 0 Å². The van der Waals surface area contributed by atoms with Crippen LogP contribution in [0.5, 0.6) is 11.5 Å². The highest BCUT2D eigenvalue weighted by Gasteiger charge is 2.44. The normalized spacial score (nSPS) is 21.3. The van der Waals surface area contributed by atoms with E-state index in [1.165, 1.54) is 0 Å². The number of ether oxygens (including phenoxy) is 2. The molecule has 3 aromatic rings. The molecule has 3 aromatic carbocycles. The topological polar surface area (TPSA) is 69.6 Å². The lowest BCUT2D eigenvalue weighted by molar-refractivity contribution is 0.0922. The number of nitrogens with one attached hydrogen (secondary N) is 1. The number of aliphatic imine (C=N–C) groups is 1. The number of β-amino-alcohol motifs (C(OH)–C–C–N with tert-alkyl or cyclic N) is 1. The second-order valence-electron chi connectivity index (χ2n) is 10.6. The second-order valence-corrected chi connectivity index (χ2v) is 11.5. The van der Waals surface area contributed by atoms with Crippen LogP contribution in [0.15, 0.2) is 71.7 Å². The summed E-state index contributed by atoms with van der Waals surface area (Å²) in [6.07, 6.45) is -0.0986. The van der Waals surface area contributed by atoms with Gasteiger partial charge in [0.15, 0.2) is 0 Å². The molecule has 2 N–H and O–H groups in total. The zero-order chi connectivity index (χ0) is 28.9. The molecule has 0 bridgehead atoms. The number of halogens is 2. The van der Waals surface area contributed by atoms with Crippen molar-refractivity contribution in [2.75, 3.05) is 39.4 Å². The highest BCUT2D eigenvalue weighted by molar-refractivity contribution is 6.30. The van der Waals surface area contributed by atoms with Crippen LogP contribution in [0.1, 0.15) is 49.5 Å². The fourth-order valence-corrected chi connectivity index (χ4v) is 5.89. The first-order chi connectivity index (χ1) is 19.9. The third kappa shape index (κ3) is 6.82. The van der Waals surface area contributed by atoms with Crippen molar-refractivity contribution in [1.29, 1.82) is 0 Å². The summed E-state index contributed by atoms with van der Waals surface area (Å²) in [4.78, 5) is 10.1. The Balaban J connectivity index is 1.68. The summed E-state index contributed by atoms with van der Waals surface area (Å²) in [5, 5.41) is 14.8. The smallest absolute Gasteiger partial charge is 0.137 e. The standard InChI is InChI=1S/C32H38Cl2N4O3/c1-4-40-26-13-14-27(28(19-26)41-21(2)3)32-36-30(22-5-9-24(33)10-6-22)31(23-7-11-25(34)12-8-23)38(32)29-20-37(17-18-39)16-15-35-29/h5-14,19,21,29-31,35,39H,4,15-18,20H2,1-3H3. The Morgan fingerprint density at radius 3 is 2.32 bits per heavy atom. The Morgan fingerprint density at radius 1 is 1.00 bits per heavy atom. The van der Waals surface area contributed by atoms with E-state index in [4.69, 9.17) is 37.7 Å². The minimum Gasteiger partial charge on any atom is -0.494 e. The molecule has 2 aliphatic rings. The molecule has 0 radical (unpaired) electrons. The van der Waals surface area contributed by atoms with Crippen LogP contribution in [0.2, 0.25) is 10.0 Å². The molecular weight excluding hydrogens is 559 g/mol. The van der Waals surface area contributed by atoms with Crippen LogP contribution in [0.3, 0.4) is 0 Å². The van der Waals surface area contributed by atoms with E-state index in [1.807, 2.05) is 63.2 Å². The molecular formula is C32H38Cl2N4O3. The minimum atomic E-state index is -0.211. The van der Waals surface area contributed by atoms with E-state index in [9.17, 15) is 5.11 Å². The summed E-state index contributed by atoms with van der Waals surface area (Å²) in [5.74, 6) is 2.32. The third-order valence-corrected chi connectivity index (χ3v) is 7.89. The maximum absolute atomic E-state index is 9.71. The van der Waals surface area contributed by atoms with E-state index < -0.39 is 0 Å². The average molecular weight is 598 g/mol. The predicted octanol–water partition coefficient (Wildman–Crippen LogP) is 5.95. The minimum absolute atomic E-state index is 0.0342. The van der Waals surface area contributed by atoms with E-state index >= 15 is 0 Å². The first-order valence-corrected chi connectivity index (χ1v) is 15.0. The van der Waals surface area contributed by atoms with Gasteiger partial charge >= 0.3 is 0 Å². The zero-order valence-corrected chi connectivity index (χ0v) is 25.3. The number of aliphatic hydroxyl groups is 1. The molecule has 7 nitrogen and oxygen atoms in total. The summed E-state index contributed by atoms with van der Waals surface area (Å²) in [7, 11) is 0. The van der Waals surface area contributed by atoms with E-state index in [2.05, 4.69) is 39.4 Å². The second kappa shape index (κ2) is 13.4. The fraction of sp³-hybridized carbons (Fsp3) is 0.406. The largest absolute Gasteiger partial charge is 0.494 e. The molecule has 0 saturated carbocycles. The molecule has 0 aliphatic carbocycles. The molecule has 3 unspecified atom stereocenters. The van der Waals surface area contributed by atoms with Crippen molar-refractivity contribution in [3.8, 4) is 11.5 Å².